The molecule has 3 heteroatoms. The molecule has 1 N–H and O–H groups in total. The van der Waals surface area contributed by atoms with Crippen molar-refractivity contribution in [3.63, 3.8) is 0 Å². The summed E-state index contributed by atoms with van der Waals surface area (Å²) in [6, 6.07) is 4.51. The van der Waals surface area contributed by atoms with E-state index in [-0.39, 0.29) is 0 Å². The minimum Gasteiger partial charge on any atom is -0.316 e. The van der Waals surface area contributed by atoms with Crippen LogP contribution in [0.4, 0.5) is 0 Å². The highest BCUT2D eigenvalue weighted by Crippen LogP contribution is 2.31. The quantitative estimate of drug-likeness (QED) is 0.903. The third-order valence-electron chi connectivity index (χ3n) is 4.45. The topological polar surface area (TPSA) is 15.3 Å². The van der Waals surface area contributed by atoms with Gasteiger partial charge in [-0.3, -0.25) is 0 Å². The summed E-state index contributed by atoms with van der Waals surface area (Å²) in [5.74, 6) is 1.74. The van der Waals surface area contributed by atoms with Gasteiger partial charge in [-0.2, -0.15) is 0 Å². The lowest BCUT2D eigenvalue weighted by molar-refractivity contribution is 0.170. The van der Waals surface area contributed by atoms with E-state index in [1.54, 1.807) is 4.88 Å². The van der Waals surface area contributed by atoms with Gasteiger partial charge in [-0.15, -0.1) is 11.3 Å². The van der Waals surface area contributed by atoms with Crippen LogP contribution in [0.2, 0.25) is 0 Å². The third-order valence-corrected chi connectivity index (χ3v) is 5.48. The molecule has 0 aromatic carbocycles. The zero-order valence-corrected chi connectivity index (χ0v) is 11.9. The molecule has 1 unspecified atom stereocenters. The SMILES string of the molecule is c1csc(C2CCN(CC3CCCNC3)CC2)c1. The van der Waals surface area contributed by atoms with Crippen molar-refractivity contribution in [1.82, 2.24) is 10.2 Å². The summed E-state index contributed by atoms with van der Waals surface area (Å²) >= 11 is 1.94. The maximum atomic E-state index is 3.53. The molecule has 1 aromatic heterocycles. The summed E-state index contributed by atoms with van der Waals surface area (Å²) in [4.78, 5) is 4.30. The van der Waals surface area contributed by atoms with Crippen LogP contribution in [0.3, 0.4) is 0 Å². The molecule has 0 bridgehead atoms. The second-order valence-corrected chi connectivity index (χ2v) is 6.78. The Morgan fingerprint density at radius 2 is 2.17 bits per heavy atom. The minimum absolute atomic E-state index is 0.839. The average Bonchev–Trinajstić information content (AvgIpc) is 2.95. The number of hydrogen-bond donors (Lipinski definition) is 1. The summed E-state index contributed by atoms with van der Waals surface area (Å²) in [5.41, 5.74) is 0. The highest BCUT2D eigenvalue weighted by molar-refractivity contribution is 7.10. The maximum Gasteiger partial charge on any atom is 0.00771 e. The summed E-state index contributed by atoms with van der Waals surface area (Å²) in [6.07, 6.45) is 5.52. The molecule has 2 aliphatic heterocycles. The number of thiophene rings is 1. The lowest BCUT2D eigenvalue weighted by Gasteiger charge is -2.35. The first-order chi connectivity index (χ1) is 8.92. The van der Waals surface area contributed by atoms with Crippen molar-refractivity contribution in [1.29, 1.82) is 0 Å². The molecular weight excluding hydrogens is 240 g/mol. The third kappa shape index (κ3) is 3.14. The van der Waals surface area contributed by atoms with E-state index in [2.05, 4.69) is 27.7 Å². The first-order valence-corrected chi connectivity index (χ1v) is 8.26. The molecule has 2 fully saturated rings. The summed E-state index contributed by atoms with van der Waals surface area (Å²) in [7, 11) is 0. The van der Waals surface area contributed by atoms with Gasteiger partial charge in [0.25, 0.3) is 0 Å². The smallest absolute Gasteiger partial charge is 0.00771 e. The predicted octanol–water partition coefficient (Wildman–Crippen LogP) is 2.93. The largest absolute Gasteiger partial charge is 0.316 e. The average molecular weight is 264 g/mol. The molecule has 0 amide bonds. The van der Waals surface area contributed by atoms with Crippen LogP contribution in [0.25, 0.3) is 0 Å². The van der Waals surface area contributed by atoms with E-state index in [0.29, 0.717) is 0 Å². The Hall–Kier alpha value is -0.380. The van der Waals surface area contributed by atoms with Crippen LogP contribution in [-0.4, -0.2) is 37.6 Å². The molecule has 0 saturated carbocycles. The molecule has 2 aliphatic rings. The van der Waals surface area contributed by atoms with E-state index in [4.69, 9.17) is 0 Å². The van der Waals surface area contributed by atoms with Crippen molar-refractivity contribution < 1.29 is 0 Å². The molecular formula is C15H24N2S. The zero-order chi connectivity index (χ0) is 12.2. The highest BCUT2D eigenvalue weighted by Gasteiger charge is 2.23. The molecule has 3 rings (SSSR count). The fourth-order valence-electron chi connectivity index (χ4n) is 3.37. The monoisotopic (exact) mass is 264 g/mol. The Kier molecular flexibility index (Phi) is 4.34. The zero-order valence-electron chi connectivity index (χ0n) is 11.1. The van der Waals surface area contributed by atoms with Crippen molar-refractivity contribution in [2.45, 2.75) is 31.6 Å². The second-order valence-electron chi connectivity index (χ2n) is 5.80. The van der Waals surface area contributed by atoms with Gasteiger partial charge in [0.2, 0.25) is 0 Å². The van der Waals surface area contributed by atoms with E-state index in [9.17, 15) is 0 Å². The second kappa shape index (κ2) is 6.18. The van der Waals surface area contributed by atoms with Gasteiger partial charge in [-0.1, -0.05) is 6.07 Å². The van der Waals surface area contributed by atoms with Crippen LogP contribution < -0.4 is 5.32 Å². The van der Waals surface area contributed by atoms with Crippen LogP contribution >= 0.6 is 11.3 Å². The van der Waals surface area contributed by atoms with Crippen LogP contribution in [0.5, 0.6) is 0 Å². The van der Waals surface area contributed by atoms with Crippen molar-refractivity contribution in [2.24, 2.45) is 5.92 Å². The Labute approximate surface area is 114 Å². The molecule has 100 valence electrons. The molecule has 3 heterocycles. The van der Waals surface area contributed by atoms with E-state index in [1.165, 1.54) is 58.4 Å². The van der Waals surface area contributed by atoms with Crippen molar-refractivity contribution in [3.8, 4) is 0 Å². The number of nitrogens with zero attached hydrogens (tertiary/aromatic N) is 1. The summed E-state index contributed by atoms with van der Waals surface area (Å²) in [5, 5.41) is 5.75. The molecule has 18 heavy (non-hydrogen) atoms. The van der Waals surface area contributed by atoms with Crippen molar-refractivity contribution >= 4 is 11.3 Å². The summed E-state index contributed by atoms with van der Waals surface area (Å²) < 4.78 is 0. The maximum absolute atomic E-state index is 3.53. The van der Waals surface area contributed by atoms with Crippen molar-refractivity contribution in [3.05, 3.63) is 22.4 Å². The fraction of sp³-hybridized carbons (Fsp3) is 0.733. The number of piperidine rings is 2. The standard InChI is InChI=1S/C15H24N2S/c1-3-13(11-16-7-1)12-17-8-5-14(6-9-17)15-4-2-10-18-15/h2,4,10,13-14,16H,1,3,5-9,11-12H2. The number of rotatable bonds is 3. The van der Waals surface area contributed by atoms with E-state index >= 15 is 0 Å². The van der Waals surface area contributed by atoms with Crippen LogP contribution in [0.15, 0.2) is 17.5 Å². The number of hydrogen-bond acceptors (Lipinski definition) is 3. The fourth-order valence-corrected chi connectivity index (χ4v) is 4.27. The van der Waals surface area contributed by atoms with Crippen LogP contribution in [0, 0.1) is 5.92 Å². The first-order valence-electron chi connectivity index (χ1n) is 7.38. The van der Waals surface area contributed by atoms with Crippen LogP contribution in [-0.2, 0) is 0 Å². The lowest BCUT2D eigenvalue weighted by Crippen LogP contribution is -2.41. The molecule has 1 aromatic rings. The minimum atomic E-state index is 0.839. The van der Waals surface area contributed by atoms with Gasteiger partial charge in [-0.25, -0.2) is 0 Å². The number of nitrogens with one attached hydrogen (secondary N) is 1. The van der Waals surface area contributed by atoms with Gasteiger partial charge in [0, 0.05) is 11.4 Å². The van der Waals surface area contributed by atoms with Crippen molar-refractivity contribution in [2.75, 3.05) is 32.7 Å². The van der Waals surface area contributed by atoms with E-state index in [0.717, 1.165) is 11.8 Å². The molecule has 2 saturated heterocycles. The molecule has 1 atom stereocenters. The highest BCUT2D eigenvalue weighted by atomic mass is 32.1. The predicted molar refractivity (Wildman–Crippen MR) is 78.3 cm³/mol. The molecule has 2 nitrogen and oxygen atoms in total. The normalized spacial score (nSPS) is 27.4. The Balaban J connectivity index is 1.45. The molecule has 0 spiro atoms. The van der Waals surface area contributed by atoms with E-state index < -0.39 is 0 Å². The molecule has 0 aliphatic carbocycles. The van der Waals surface area contributed by atoms with E-state index in [1.807, 2.05) is 11.3 Å². The van der Waals surface area contributed by atoms with Gasteiger partial charge in [0.15, 0.2) is 0 Å². The van der Waals surface area contributed by atoms with Gasteiger partial charge >= 0.3 is 0 Å². The van der Waals surface area contributed by atoms with Gasteiger partial charge in [-0.05, 0) is 75.1 Å². The Morgan fingerprint density at radius 3 is 2.83 bits per heavy atom. The lowest BCUT2D eigenvalue weighted by atomic mass is 9.93. The Bertz CT molecular complexity index is 335. The summed E-state index contributed by atoms with van der Waals surface area (Å²) in [6.45, 7) is 6.41. The number of likely N-dealkylation sites (tertiary alicyclic amines) is 1. The first kappa shape index (κ1) is 12.6. The molecule has 0 radical (unpaired) electrons. The van der Waals surface area contributed by atoms with Gasteiger partial charge in [0.05, 0.1) is 0 Å². The van der Waals surface area contributed by atoms with Crippen LogP contribution in [0.1, 0.15) is 36.5 Å². The Morgan fingerprint density at radius 1 is 1.28 bits per heavy atom. The van der Waals surface area contributed by atoms with Gasteiger partial charge < -0.3 is 10.2 Å². The van der Waals surface area contributed by atoms with Gasteiger partial charge in [0.1, 0.15) is 0 Å².